The molecule has 5 heteroatoms. The van der Waals surface area contributed by atoms with Gasteiger partial charge in [-0.1, -0.05) is 6.92 Å². The number of aromatic nitrogens is 1. The van der Waals surface area contributed by atoms with Gasteiger partial charge >= 0.3 is 5.97 Å². The Bertz CT molecular complexity index is 423. The van der Waals surface area contributed by atoms with E-state index >= 15 is 0 Å². The number of carbonyl (C=O) groups excluding carboxylic acids is 1. The van der Waals surface area contributed by atoms with E-state index in [1.54, 1.807) is 24.2 Å². The van der Waals surface area contributed by atoms with Crippen LogP contribution in [-0.2, 0) is 9.53 Å². The van der Waals surface area contributed by atoms with Crippen LogP contribution in [0.2, 0.25) is 0 Å². The third-order valence-corrected chi connectivity index (χ3v) is 4.64. The maximum absolute atomic E-state index is 12.2. The number of methoxy groups -OCH3 is 1. The minimum atomic E-state index is -0.544. The third-order valence-electron chi connectivity index (χ3n) is 3.43. The summed E-state index contributed by atoms with van der Waals surface area (Å²) in [5.74, 6) is 0.954. The molecule has 1 aliphatic carbocycles. The van der Waals surface area contributed by atoms with E-state index in [0.29, 0.717) is 11.7 Å². The van der Waals surface area contributed by atoms with Gasteiger partial charge in [0.15, 0.2) is 0 Å². The van der Waals surface area contributed by atoms with Gasteiger partial charge in [0.2, 0.25) is 0 Å². The van der Waals surface area contributed by atoms with Crippen LogP contribution in [0.4, 0.5) is 0 Å². The van der Waals surface area contributed by atoms with E-state index in [2.05, 4.69) is 10.3 Å². The van der Waals surface area contributed by atoms with Gasteiger partial charge in [0.05, 0.1) is 7.11 Å². The highest BCUT2D eigenvalue weighted by Crippen LogP contribution is 2.43. The summed E-state index contributed by atoms with van der Waals surface area (Å²) < 4.78 is 5.03. The Hall–Kier alpha value is -1.07. The molecule has 19 heavy (non-hydrogen) atoms. The van der Waals surface area contributed by atoms with Crippen LogP contribution < -0.4 is 5.32 Å². The van der Waals surface area contributed by atoms with Crippen LogP contribution in [0.15, 0.2) is 29.4 Å². The van der Waals surface area contributed by atoms with Gasteiger partial charge in [-0.2, -0.15) is 0 Å². The Morgan fingerprint density at radius 2 is 2.21 bits per heavy atom. The largest absolute Gasteiger partial charge is 0.468 e. The minimum Gasteiger partial charge on any atom is -0.468 e. The van der Waals surface area contributed by atoms with Crippen molar-refractivity contribution in [2.45, 2.75) is 30.2 Å². The van der Waals surface area contributed by atoms with E-state index in [0.717, 1.165) is 24.3 Å². The number of likely N-dealkylation sites (N-methyl/N-ethyl adjacent to an activating group) is 1. The van der Waals surface area contributed by atoms with E-state index in [1.807, 2.05) is 19.1 Å². The lowest BCUT2D eigenvalue weighted by atomic mass is 9.95. The van der Waals surface area contributed by atoms with Crippen LogP contribution >= 0.6 is 11.8 Å². The average molecular weight is 280 g/mol. The number of pyridine rings is 1. The lowest BCUT2D eigenvalue weighted by Gasteiger charge is -2.31. The van der Waals surface area contributed by atoms with E-state index in [1.165, 1.54) is 7.11 Å². The second-order valence-corrected chi connectivity index (χ2v) is 5.79. The molecular weight excluding hydrogens is 260 g/mol. The van der Waals surface area contributed by atoms with Crippen LogP contribution in [0.5, 0.6) is 0 Å². The number of hydrogen-bond acceptors (Lipinski definition) is 5. The molecule has 104 valence electrons. The van der Waals surface area contributed by atoms with E-state index in [-0.39, 0.29) is 5.97 Å². The third kappa shape index (κ3) is 3.28. The predicted octanol–water partition coefficient (Wildman–Crippen LogP) is 2.10. The van der Waals surface area contributed by atoms with Crippen molar-refractivity contribution in [2.75, 3.05) is 19.4 Å². The number of carbonyl (C=O) groups is 1. The summed E-state index contributed by atoms with van der Waals surface area (Å²) >= 11 is 1.68. The Morgan fingerprint density at radius 3 is 2.74 bits per heavy atom. The Labute approximate surface area is 118 Å². The fraction of sp³-hybridized carbons (Fsp3) is 0.571. The first-order valence-corrected chi connectivity index (χ1v) is 7.57. The van der Waals surface area contributed by atoms with Crippen LogP contribution in [-0.4, -0.2) is 35.9 Å². The summed E-state index contributed by atoms with van der Waals surface area (Å²) in [6.07, 6.45) is 5.73. The average Bonchev–Trinajstić information content (AvgIpc) is 3.28. The smallest absolute Gasteiger partial charge is 0.327 e. The molecule has 1 fully saturated rings. The van der Waals surface area contributed by atoms with Crippen molar-refractivity contribution in [1.82, 2.24) is 10.3 Å². The molecule has 4 nitrogen and oxygen atoms in total. The van der Waals surface area contributed by atoms with E-state index in [4.69, 9.17) is 4.74 Å². The summed E-state index contributed by atoms with van der Waals surface area (Å²) in [7, 11) is 1.47. The molecule has 0 radical (unpaired) electrons. The number of esters is 1. The molecule has 0 spiro atoms. The molecule has 0 aliphatic heterocycles. The molecule has 1 aromatic heterocycles. The predicted molar refractivity (Wildman–Crippen MR) is 76.1 cm³/mol. The van der Waals surface area contributed by atoms with Gasteiger partial charge in [0.25, 0.3) is 0 Å². The van der Waals surface area contributed by atoms with Gasteiger partial charge in [0, 0.05) is 23.0 Å². The molecule has 1 aromatic rings. The highest BCUT2D eigenvalue weighted by molar-refractivity contribution is 7.99. The lowest BCUT2D eigenvalue weighted by Crippen LogP contribution is -2.56. The van der Waals surface area contributed by atoms with Gasteiger partial charge in [-0.25, -0.2) is 0 Å². The van der Waals surface area contributed by atoms with Crippen LogP contribution in [0, 0.1) is 5.92 Å². The maximum Gasteiger partial charge on any atom is 0.327 e. The van der Waals surface area contributed by atoms with Crippen molar-refractivity contribution in [3.8, 4) is 0 Å². The minimum absolute atomic E-state index is 0.140. The highest BCUT2D eigenvalue weighted by Gasteiger charge is 2.51. The Balaban J connectivity index is 2.10. The maximum atomic E-state index is 12.2. The Kier molecular flexibility index (Phi) is 4.82. The number of nitrogens with zero attached hydrogens (tertiary/aromatic N) is 1. The fourth-order valence-electron chi connectivity index (χ4n) is 2.32. The summed E-state index contributed by atoms with van der Waals surface area (Å²) in [5, 5.41) is 3.37. The van der Waals surface area contributed by atoms with Crippen LogP contribution in [0.3, 0.4) is 0 Å². The van der Waals surface area contributed by atoms with Gasteiger partial charge in [-0.05, 0) is 37.4 Å². The first-order valence-electron chi connectivity index (χ1n) is 6.59. The summed E-state index contributed by atoms with van der Waals surface area (Å²) in [6.45, 7) is 2.79. The van der Waals surface area contributed by atoms with E-state index in [9.17, 15) is 4.79 Å². The van der Waals surface area contributed by atoms with Gasteiger partial charge in [0.1, 0.15) is 5.54 Å². The zero-order valence-corrected chi connectivity index (χ0v) is 12.2. The second kappa shape index (κ2) is 6.39. The molecule has 0 amide bonds. The molecule has 1 heterocycles. The summed E-state index contributed by atoms with van der Waals surface area (Å²) in [4.78, 5) is 17.3. The van der Waals surface area contributed by atoms with Crippen LogP contribution in [0.25, 0.3) is 0 Å². The summed E-state index contributed by atoms with van der Waals surface area (Å²) in [6, 6.07) is 3.93. The topological polar surface area (TPSA) is 51.2 Å². The van der Waals surface area contributed by atoms with Gasteiger partial charge < -0.3 is 10.1 Å². The quantitative estimate of drug-likeness (QED) is 0.612. The molecule has 0 aromatic carbocycles. The van der Waals surface area contributed by atoms with Crippen molar-refractivity contribution in [1.29, 1.82) is 0 Å². The second-order valence-electron chi connectivity index (χ2n) is 4.74. The first kappa shape index (κ1) is 14.3. The van der Waals surface area contributed by atoms with Crippen molar-refractivity contribution >= 4 is 17.7 Å². The number of rotatable bonds is 7. The van der Waals surface area contributed by atoms with Gasteiger partial charge in [-0.15, -0.1) is 11.8 Å². The number of hydrogen-bond donors (Lipinski definition) is 1. The molecule has 0 bridgehead atoms. The molecule has 1 N–H and O–H groups in total. The molecular formula is C14H20N2O2S. The summed E-state index contributed by atoms with van der Waals surface area (Å²) in [5.41, 5.74) is -0.544. The van der Waals surface area contributed by atoms with Crippen molar-refractivity contribution < 1.29 is 9.53 Å². The van der Waals surface area contributed by atoms with Crippen molar-refractivity contribution in [2.24, 2.45) is 5.92 Å². The molecule has 1 saturated carbocycles. The molecule has 2 rings (SSSR count). The van der Waals surface area contributed by atoms with Crippen molar-refractivity contribution in [3.05, 3.63) is 24.5 Å². The Morgan fingerprint density at radius 1 is 1.53 bits per heavy atom. The number of thioether (sulfide) groups is 1. The SMILES string of the molecule is CCNC(CSc1ccncc1)(C(=O)OC)C1CC1. The first-order chi connectivity index (χ1) is 9.23. The van der Waals surface area contributed by atoms with E-state index < -0.39 is 5.54 Å². The molecule has 1 unspecified atom stereocenters. The molecule has 1 aliphatic rings. The zero-order chi connectivity index (χ0) is 13.7. The number of nitrogens with one attached hydrogen (secondary N) is 1. The highest BCUT2D eigenvalue weighted by atomic mass is 32.2. The normalized spacial score (nSPS) is 17.8. The monoisotopic (exact) mass is 280 g/mol. The van der Waals surface area contributed by atoms with Crippen molar-refractivity contribution in [3.63, 3.8) is 0 Å². The zero-order valence-electron chi connectivity index (χ0n) is 11.4. The fourth-order valence-corrected chi connectivity index (χ4v) is 3.48. The van der Waals surface area contributed by atoms with Crippen LogP contribution in [0.1, 0.15) is 19.8 Å². The molecule has 0 saturated heterocycles. The lowest BCUT2D eigenvalue weighted by molar-refractivity contribution is -0.148. The number of ether oxygens (including phenoxy) is 1. The van der Waals surface area contributed by atoms with Gasteiger partial charge in [-0.3, -0.25) is 9.78 Å². The molecule has 1 atom stereocenters. The standard InChI is InChI=1S/C14H20N2O2S/c1-3-16-14(11-4-5-11,13(17)18-2)10-19-12-6-8-15-9-7-12/h6-9,11,16H,3-5,10H2,1-2H3.